The minimum atomic E-state index is -0.479. The standard InChI is InChI=1S/C14H9N7O3/c1-8-6-9(21(23)24)2-3-10(8)19-5-4-11-12(13(19)22)17-18-14-15-7-16-20(11)14/h2-7H,1H3. The zero-order chi connectivity index (χ0) is 16.8. The van der Waals surface area contributed by atoms with Crippen molar-refractivity contribution >= 4 is 22.5 Å². The quantitative estimate of drug-likeness (QED) is 0.399. The topological polar surface area (TPSA) is 121 Å². The Morgan fingerprint density at radius 1 is 1.21 bits per heavy atom. The largest absolute Gasteiger partial charge is 0.285 e. The third kappa shape index (κ3) is 1.93. The second-order valence-corrected chi connectivity index (χ2v) is 5.12. The van der Waals surface area contributed by atoms with Crippen LogP contribution < -0.4 is 5.56 Å². The van der Waals surface area contributed by atoms with Gasteiger partial charge in [-0.25, -0.2) is 0 Å². The second kappa shape index (κ2) is 4.91. The predicted molar refractivity (Wildman–Crippen MR) is 83.1 cm³/mol. The average molecular weight is 323 g/mol. The summed E-state index contributed by atoms with van der Waals surface area (Å²) in [5.41, 5.74) is 1.32. The fourth-order valence-electron chi connectivity index (χ4n) is 2.56. The molecule has 0 atom stereocenters. The predicted octanol–water partition coefficient (Wildman–Crippen LogP) is 1.04. The molecule has 0 fully saturated rings. The van der Waals surface area contributed by atoms with Gasteiger partial charge in [0.05, 0.1) is 10.6 Å². The summed E-state index contributed by atoms with van der Waals surface area (Å²) in [6.45, 7) is 1.70. The van der Waals surface area contributed by atoms with Crippen molar-refractivity contribution in [3.05, 3.63) is 62.8 Å². The van der Waals surface area contributed by atoms with E-state index < -0.39 is 10.5 Å². The van der Waals surface area contributed by atoms with Crippen LogP contribution in [-0.2, 0) is 0 Å². The number of hydrogen-bond donors (Lipinski definition) is 0. The van der Waals surface area contributed by atoms with Gasteiger partial charge >= 0.3 is 0 Å². The van der Waals surface area contributed by atoms with Crippen molar-refractivity contribution in [1.82, 2.24) is 29.4 Å². The van der Waals surface area contributed by atoms with E-state index in [2.05, 4.69) is 20.3 Å². The molecule has 0 unspecified atom stereocenters. The Kier molecular flexibility index (Phi) is 2.85. The summed E-state index contributed by atoms with van der Waals surface area (Å²) in [4.78, 5) is 27.0. The third-order valence-electron chi connectivity index (χ3n) is 3.69. The van der Waals surface area contributed by atoms with Gasteiger partial charge in [0.25, 0.3) is 17.0 Å². The molecule has 24 heavy (non-hydrogen) atoms. The van der Waals surface area contributed by atoms with Crippen molar-refractivity contribution in [2.24, 2.45) is 0 Å². The van der Waals surface area contributed by atoms with Crippen molar-refractivity contribution in [2.75, 3.05) is 0 Å². The Morgan fingerprint density at radius 2 is 2.04 bits per heavy atom. The molecule has 1 aromatic carbocycles. The highest BCUT2D eigenvalue weighted by Crippen LogP contribution is 2.20. The Labute approximate surface area is 133 Å². The number of hydrogen-bond acceptors (Lipinski definition) is 7. The van der Waals surface area contributed by atoms with E-state index in [9.17, 15) is 14.9 Å². The Balaban J connectivity index is 1.98. The molecule has 0 aliphatic carbocycles. The first-order valence-electron chi connectivity index (χ1n) is 6.89. The van der Waals surface area contributed by atoms with E-state index in [0.717, 1.165) is 0 Å². The van der Waals surface area contributed by atoms with Crippen LogP contribution in [-0.4, -0.2) is 34.3 Å². The highest BCUT2D eigenvalue weighted by molar-refractivity contribution is 5.74. The molecule has 0 aliphatic rings. The number of nitrogens with zero attached hydrogens (tertiary/aromatic N) is 7. The molecule has 10 heteroatoms. The maximum atomic E-state index is 12.7. The minimum Gasteiger partial charge on any atom is -0.282 e. The Hall–Kier alpha value is -3.69. The monoisotopic (exact) mass is 323 g/mol. The lowest BCUT2D eigenvalue weighted by Gasteiger charge is -2.09. The summed E-state index contributed by atoms with van der Waals surface area (Å²) in [6.07, 6.45) is 2.90. The van der Waals surface area contributed by atoms with Gasteiger partial charge in [0.1, 0.15) is 11.8 Å². The fourth-order valence-corrected chi connectivity index (χ4v) is 2.56. The summed E-state index contributed by atoms with van der Waals surface area (Å²) in [7, 11) is 0. The number of rotatable bonds is 2. The van der Waals surface area contributed by atoms with Crippen molar-refractivity contribution < 1.29 is 4.92 Å². The zero-order valence-electron chi connectivity index (χ0n) is 12.3. The number of aromatic nitrogens is 6. The first-order chi connectivity index (χ1) is 11.6. The summed E-state index contributed by atoms with van der Waals surface area (Å²) in [5.74, 6) is 0.297. The molecule has 4 aromatic rings. The van der Waals surface area contributed by atoms with Crippen LogP contribution in [0.5, 0.6) is 0 Å². The van der Waals surface area contributed by atoms with E-state index in [1.165, 1.54) is 33.6 Å². The minimum absolute atomic E-state index is 0.0331. The molecule has 118 valence electrons. The van der Waals surface area contributed by atoms with Crippen LogP contribution >= 0.6 is 0 Å². The van der Waals surface area contributed by atoms with Crippen LogP contribution in [0.2, 0.25) is 0 Å². The first kappa shape index (κ1) is 13.9. The van der Waals surface area contributed by atoms with E-state index in [-0.39, 0.29) is 11.2 Å². The van der Waals surface area contributed by atoms with Gasteiger partial charge in [0.15, 0.2) is 5.52 Å². The van der Waals surface area contributed by atoms with Crippen molar-refractivity contribution in [3.8, 4) is 5.69 Å². The molecule has 0 saturated carbocycles. The number of nitro groups is 1. The van der Waals surface area contributed by atoms with Gasteiger partial charge in [-0.1, -0.05) is 0 Å². The van der Waals surface area contributed by atoms with Gasteiger partial charge in [-0.05, 0) is 24.6 Å². The molecule has 0 spiro atoms. The summed E-state index contributed by atoms with van der Waals surface area (Å²) >= 11 is 0. The highest BCUT2D eigenvalue weighted by Gasteiger charge is 2.14. The number of pyridine rings is 1. The molecule has 0 amide bonds. The Bertz CT molecular complexity index is 1180. The van der Waals surface area contributed by atoms with Crippen LogP contribution in [0.15, 0.2) is 41.6 Å². The van der Waals surface area contributed by atoms with Crippen molar-refractivity contribution in [3.63, 3.8) is 0 Å². The number of benzene rings is 1. The lowest BCUT2D eigenvalue weighted by Crippen LogP contribution is -2.21. The molecule has 10 nitrogen and oxygen atoms in total. The van der Waals surface area contributed by atoms with Gasteiger partial charge in [-0.3, -0.25) is 19.5 Å². The second-order valence-electron chi connectivity index (χ2n) is 5.12. The lowest BCUT2D eigenvalue weighted by atomic mass is 10.1. The molecular weight excluding hydrogens is 314 g/mol. The molecule has 3 heterocycles. The first-order valence-corrected chi connectivity index (χ1v) is 6.89. The van der Waals surface area contributed by atoms with Crippen molar-refractivity contribution in [1.29, 1.82) is 0 Å². The summed E-state index contributed by atoms with van der Waals surface area (Å²) in [6, 6.07) is 5.97. The van der Waals surface area contributed by atoms with Crippen LogP contribution in [0.25, 0.3) is 22.5 Å². The van der Waals surface area contributed by atoms with Gasteiger partial charge in [-0.15, -0.1) is 10.2 Å². The van der Waals surface area contributed by atoms with Gasteiger partial charge in [0.2, 0.25) is 0 Å². The number of nitro benzene ring substituents is 1. The van der Waals surface area contributed by atoms with E-state index in [4.69, 9.17) is 0 Å². The number of aryl methyl sites for hydroxylation is 1. The SMILES string of the molecule is Cc1cc([N+](=O)[O-])ccc1-n1ccc2c(nnc3ncnn32)c1=O. The normalized spacial score (nSPS) is 11.2. The third-order valence-corrected chi connectivity index (χ3v) is 3.69. The molecule has 0 bridgehead atoms. The molecule has 4 rings (SSSR count). The molecule has 0 saturated heterocycles. The maximum absolute atomic E-state index is 12.7. The van der Waals surface area contributed by atoms with E-state index >= 15 is 0 Å². The average Bonchev–Trinajstić information content (AvgIpc) is 3.04. The van der Waals surface area contributed by atoms with Crippen molar-refractivity contribution in [2.45, 2.75) is 6.92 Å². The van der Waals surface area contributed by atoms with Gasteiger partial charge in [0, 0.05) is 18.3 Å². The van der Waals surface area contributed by atoms with Gasteiger partial charge in [-0.2, -0.15) is 14.6 Å². The number of non-ortho nitro benzene ring substituents is 1. The smallest absolute Gasteiger partial charge is 0.282 e. The van der Waals surface area contributed by atoms with E-state index in [0.29, 0.717) is 22.5 Å². The van der Waals surface area contributed by atoms with Gasteiger partial charge < -0.3 is 0 Å². The summed E-state index contributed by atoms with van der Waals surface area (Å²) < 4.78 is 2.80. The molecule has 0 radical (unpaired) electrons. The molecule has 0 aliphatic heterocycles. The molecule has 3 aromatic heterocycles. The highest BCUT2D eigenvalue weighted by atomic mass is 16.6. The van der Waals surface area contributed by atoms with Crippen LogP contribution in [0.1, 0.15) is 5.56 Å². The number of fused-ring (bicyclic) bond motifs is 3. The molecular formula is C14H9N7O3. The lowest BCUT2D eigenvalue weighted by molar-refractivity contribution is -0.384. The summed E-state index contributed by atoms with van der Waals surface area (Å²) in [5, 5.41) is 22.7. The van der Waals surface area contributed by atoms with Crippen LogP contribution in [0.4, 0.5) is 5.69 Å². The van der Waals surface area contributed by atoms with E-state index in [1.54, 1.807) is 19.2 Å². The van der Waals surface area contributed by atoms with Crippen LogP contribution in [0, 0.1) is 17.0 Å². The van der Waals surface area contributed by atoms with E-state index in [1.807, 2.05) is 0 Å². The van der Waals surface area contributed by atoms with Crippen LogP contribution in [0.3, 0.4) is 0 Å². The zero-order valence-corrected chi connectivity index (χ0v) is 12.3. The fraction of sp³-hybridized carbons (Fsp3) is 0.0714. The maximum Gasteiger partial charge on any atom is 0.285 e. The molecule has 0 N–H and O–H groups in total. The Morgan fingerprint density at radius 3 is 2.79 bits per heavy atom.